The Morgan fingerprint density at radius 2 is 2.13 bits per heavy atom. The molecule has 0 aromatic carbocycles. The normalized spacial score (nSPS) is 41.5. The maximum atomic E-state index is 11.5. The zero-order valence-electron chi connectivity index (χ0n) is 8.31. The molecule has 4 atom stereocenters. The van der Waals surface area contributed by atoms with E-state index < -0.39 is 0 Å². The molecule has 1 heterocycles. The molecule has 0 N–H and O–H groups in total. The van der Waals surface area contributed by atoms with Crippen LogP contribution >= 0.6 is 0 Å². The summed E-state index contributed by atoms with van der Waals surface area (Å²) in [6.45, 7) is 3.70. The molecule has 15 heavy (non-hydrogen) atoms. The third kappa shape index (κ3) is 1.01. The van der Waals surface area contributed by atoms with Gasteiger partial charge in [0.1, 0.15) is 0 Å². The third-order valence-electron chi connectivity index (χ3n) is 3.84. The molecular formula is C12H12O3. The molecule has 1 saturated heterocycles. The molecule has 0 spiro atoms. The number of hydrogen-bond acceptors (Lipinski definition) is 3. The van der Waals surface area contributed by atoms with Crippen molar-refractivity contribution >= 4 is 11.9 Å². The maximum absolute atomic E-state index is 11.5. The topological polar surface area (TPSA) is 43.4 Å². The number of hydrogen-bond donors (Lipinski definition) is 0. The summed E-state index contributed by atoms with van der Waals surface area (Å²) in [5.41, 5.74) is 1.27. The van der Waals surface area contributed by atoms with Crippen molar-refractivity contribution in [2.75, 3.05) is 0 Å². The van der Waals surface area contributed by atoms with Crippen molar-refractivity contribution in [3.05, 3.63) is 24.3 Å². The smallest absolute Gasteiger partial charge is 0.318 e. The number of allylic oxidation sites excluding steroid dienone is 3. The lowest BCUT2D eigenvalue weighted by atomic mass is 9.80. The van der Waals surface area contributed by atoms with Crippen LogP contribution in [0.5, 0.6) is 0 Å². The Morgan fingerprint density at radius 3 is 2.87 bits per heavy atom. The van der Waals surface area contributed by atoms with Crippen LogP contribution in [0.25, 0.3) is 0 Å². The van der Waals surface area contributed by atoms with Crippen LogP contribution in [0.1, 0.15) is 12.8 Å². The molecular weight excluding hydrogens is 192 g/mol. The molecule has 0 radical (unpaired) electrons. The highest BCUT2D eigenvalue weighted by molar-refractivity contribution is 5.98. The van der Waals surface area contributed by atoms with Gasteiger partial charge in [-0.25, -0.2) is 0 Å². The van der Waals surface area contributed by atoms with Gasteiger partial charge < -0.3 is 4.74 Å². The SMILES string of the molecule is C=CCC1=C[C@H]2C[C@H]1[C@H]1C(=O)OC(=O)[C@@H]12. The highest BCUT2D eigenvalue weighted by Gasteiger charge is 2.59. The summed E-state index contributed by atoms with van der Waals surface area (Å²) < 4.78 is 4.70. The molecule has 3 aliphatic rings. The van der Waals surface area contributed by atoms with E-state index in [4.69, 9.17) is 4.74 Å². The fourth-order valence-electron chi connectivity index (χ4n) is 3.31. The van der Waals surface area contributed by atoms with Gasteiger partial charge in [-0.15, -0.1) is 6.58 Å². The number of fused-ring (bicyclic) bond motifs is 5. The Kier molecular flexibility index (Phi) is 1.67. The maximum Gasteiger partial charge on any atom is 0.318 e. The van der Waals surface area contributed by atoms with Crippen LogP contribution in [0.4, 0.5) is 0 Å². The summed E-state index contributed by atoms with van der Waals surface area (Å²) >= 11 is 0. The third-order valence-corrected chi connectivity index (χ3v) is 3.84. The molecule has 1 saturated carbocycles. The van der Waals surface area contributed by atoms with Crippen LogP contribution in [-0.4, -0.2) is 11.9 Å². The van der Waals surface area contributed by atoms with E-state index >= 15 is 0 Å². The monoisotopic (exact) mass is 204 g/mol. The second-order valence-electron chi connectivity index (χ2n) is 4.53. The first-order valence-corrected chi connectivity index (χ1v) is 5.29. The summed E-state index contributed by atoms with van der Waals surface area (Å²) in [4.78, 5) is 22.9. The van der Waals surface area contributed by atoms with Crippen LogP contribution in [0.2, 0.25) is 0 Å². The first kappa shape index (κ1) is 8.89. The number of carbonyl (C=O) groups excluding carboxylic acids is 2. The Balaban J connectivity index is 1.96. The lowest BCUT2D eigenvalue weighted by Crippen LogP contribution is -2.24. The summed E-state index contributed by atoms with van der Waals surface area (Å²) in [5.74, 6) is -0.539. The molecule has 78 valence electrons. The van der Waals surface area contributed by atoms with E-state index in [0.717, 1.165) is 12.8 Å². The Morgan fingerprint density at radius 1 is 1.40 bits per heavy atom. The van der Waals surface area contributed by atoms with E-state index in [9.17, 15) is 9.59 Å². The van der Waals surface area contributed by atoms with Crippen LogP contribution in [0, 0.1) is 23.7 Å². The Labute approximate surface area is 87.8 Å². The molecule has 2 aliphatic carbocycles. The predicted octanol–water partition coefficient (Wildman–Crippen LogP) is 1.45. The van der Waals surface area contributed by atoms with Crippen LogP contribution in [0.15, 0.2) is 24.3 Å². The van der Waals surface area contributed by atoms with E-state index in [0.29, 0.717) is 0 Å². The highest BCUT2D eigenvalue weighted by atomic mass is 16.6. The summed E-state index contributed by atoms with van der Waals surface area (Å²) in [6.07, 6.45) is 5.77. The average molecular weight is 204 g/mol. The van der Waals surface area contributed by atoms with Crippen molar-refractivity contribution < 1.29 is 14.3 Å². The molecule has 0 aromatic rings. The van der Waals surface area contributed by atoms with Gasteiger partial charge in [0.25, 0.3) is 0 Å². The fourth-order valence-corrected chi connectivity index (χ4v) is 3.31. The van der Waals surface area contributed by atoms with Crippen LogP contribution in [-0.2, 0) is 14.3 Å². The Hall–Kier alpha value is -1.38. The zero-order chi connectivity index (χ0) is 10.6. The minimum Gasteiger partial charge on any atom is -0.393 e. The van der Waals surface area contributed by atoms with Gasteiger partial charge in [0.15, 0.2) is 0 Å². The quantitative estimate of drug-likeness (QED) is 0.388. The second kappa shape index (κ2) is 2.81. The van der Waals surface area contributed by atoms with Gasteiger partial charge in [-0.1, -0.05) is 17.7 Å². The van der Waals surface area contributed by atoms with E-state index in [1.807, 2.05) is 6.08 Å². The molecule has 3 rings (SSSR count). The van der Waals surface area contributed by atoms with Crippen molar-refractivity contribution in [2.45, 2.75) is 12.8 Å². The highest BCUT2D eigenvalue weighted by Crippen LogP contribution is 2.55. The van der Waals surface area contributed by atoms with Crippen molar-refractivity contribution in [3.63, 3.8) is 0 Å². The lowest BCUT2D eigenvalue weighted by molar-refractivity contribution is -0.154. The summed E-state index contributed by atoms with van der Waals surface area (Å²) in [7, 11) is 0. The van der Waals surface area contributed by atoms with E-state index in [-0.39, 0.29) is 35.6 Å². The molecule has 2 bridgehead atoms. The van der Waals surface area contributed by atoms with Gasteiger partial charge in [-0.2, -0.15) is 0 Å². The number of carbonyl (C=O) groups is 2. The largest absolute Gasteiger partial charge is 0.393 e. The molecule has 3 nitrogen and oxygen atoms in total. The first-order valence-electron chi connectivity index (χ1n) is 5.29. The number of rotatable bonds is 2. The van der Waals surface area contributed by atoms with E-state index in [2.05, 4.69) is 12.7 Å². The molecule has 0 amide bonds. The standard InChI is InChI=1S/C12H12O3/c1-2-3-6-4-7-5-8(6)10-9(7)11(13)15-12(10)14/h2,4,7-10H,1,3,5H2/t7-,8+,9+,10+/m0/s1. The molecule has 3 heteroatoms. The van der Waals surface area contributed by atoms with Crippen molar-refractivity contribution in [1.29, 1.82) is 0 Å². The molecule has 1 aliphatic heterocycles. The van der Waals surface area contributed by atoms with Gasteiger partial charge in [-0.05, 0) is 24.7 Å². The van der Waals surface area contributed by atoms with E-state index in [1.165, 1.54) is 5.57 Å². The van der Waals surface area contributed by atoms with Crippen molar-refractivity contribution in [3.8, 4) is 0 Å². The molecule has 0 unspecified atom stereocenters. The van der Waals surface area contributed by atoms with Gasteiger partial charge in [-0.3, -0.25) is 9.59 Å². The number of cyclic esters (lactones) is 2. The van der Waals surface area contributed by atoms with Gasteiger partial charge in [0.2, 0.25) is 0 Å². The van der Waals surface area contributed by atoms with Gasteiger partial charge in [0, 0.05) is 0 Å². The lowest BCUT2D eigenvalue weighted by Gasteiger charge is -2.19. The van der Waals surface area contributed by atoms with Crippen LogP contribution in [0.3, 0.4) is 0 Å². The first-order chi connectivity index (χ1) is 7.22. The van der Waals surface area contributed by atoms with E-state index in [1.54, 1.807) is 0 Å². The zero-order valence-corrected chi connectivity index (χ0v) is 8.31. The average Bonchev–Trinajstić information content (AvgIpc) is 2.80. The molecule has 2 fully saturated rings. The number of esters is 2. The second-order valence-corrected chi connectivity index (χ2v) is 4.53. The number of ether oxygens (including phenoxy) is 1. The van der Waals surface area contributed by atoms with Crippen molar-refractivity contribution in [2.24, 2.45) is 23.7 Å². The Bertz CT molecular complexity index is 394. The minimum atomic E-state index is -0.314. The molecule has 0 aromatic heterocycles. The van der Waals surface area contributed by atoms with Gasteiger partial charge in [0.05, 0.1) is 11.8 Å². The minimum absolute atomic E-state index is 0.184. The van der Waals surface area contributed by atoms with Crippen molar-refractivity contribution in [1.82, 2.24) is 0 Å². The summed E-state index contributed by atoms with van der Waals surface area (Å²) in [5, 5.41) is 0. The predicted molar refractivity (Wildman–Crippen MR) is 52.6 cm³/mol. The fraction of sp³-hybridized carbons (Fsp3) is 0.500. The van der Waals surface area contributed by atoms with Gasteiger partial charge >= 0.3 is 11.9 Å². The van der Waals surface area contributed by atoms with Crippen LogP contribution < -0.4 is 0 Å². The summed E-state index contributed by atoms with van der Waals surface area (Å²) in [6, 6.07) is 0.